The summed E-state index contributed by atoms with van der Waals surface area (Å²) in [7, 11) is 0. The third kappa shape index (κ3) is 4.52. The number of ether oxygens (including phenoxy) is 1. The van der Waals surface area contributed by atoms with Gasteiger partial charge in [0, 0.05) is 22.2 Å². The van der Waals surface area contributed by atoms with E-state index in [4.69, 9.17) is 9.73 Å². The number of amidine groups is 1. The van der Waals surface area contributed by atoms with E-state index in [-0.39, 0.29) is 25.0 Å². The molecule has 8 heteroatoms. The number of carbonyl (C=O) groups excluding carboxylic acids is 2. The summed E-state index contributed by atoms with van der Waals surface area (Å²) in [5, 5.41) is 7.64. The van der Waals surface area contributed by atoms with Crippen LogP contribution in [0.1, 0.15) is 43.7 Å². The van der Waals surface area contributed by atoms with Gasteiger partial charge in [0.2, 0.25) is 5.91 Å². The summed E-state index contributed by atoms with van der Waals surface area (Å²) in [6.07, 6.45) is 0.211. The lowest BCUT2D eigenvalue weighted by Crippen LogP contribution is -2.38. The molecule has 1 atom stereocenters. The molecule has 1 aromatic carbocycles. The molecule has 1 N–H and O–H groups in total. The lowest BCUT2D eigenvalue weighted by molar-refractivity contribution is -0.139. The van der Waals surface area contributed by atoms with Crippen LogP contribution in [-0.2, 0) is 14.3 Å². The van der Waals surface area contributed by atoms with Crippen molar-refractivity contribution >= 4 is 45.8 Å². The number of carbonyl (C=O) groups is 2. The van der Waals surface area contributed by atoms with Crippen LogP contribution in [0.3, 0.4) is 0 Å². The van der Waals surface area contributed by atoms with Crippen LogP contribution in [-0.4, -0.2) is 34.6 Å². The largest absolute Gasteiger partial charge is 0.463 e. The fourth-order valence-corrected chi connectivity index (χ4v) is 5.48. The molecule has 32 heavy (non-hydrogen) atoms. The highest BCUT2D eigenvalue weighted by molar-refractivity contribution is 8.16. The van der Waals surface area contributed by atoms with Gasteiger partial charge in [0.25, 0.3) is 0 Å². The standard InChI is InChI=1S/C24H25N3O3S2/c1-4-30-23(29)20-21(16-9-6-5-7-10-16)26-24-27(22(20)18-11-8-12-31-18)17(14-32-24)13-19(28)25-15(2)3/h5-12,14-15,22H,4,13H2,1-3H3,(H,25,28). The Labute approximate surface area is 196 Å². The van der Waals surface area contributed by atoms with Crippen molar-refractivity contribution in [2.24, 2.45) is 4.99 Å². The zero-order chi connectivity index (χ0) is 22.7. The highest BCUT2D eigenvalue weighted by Gasteiger charge is 2.42. The molecule has 0 aliphatic carbocycles. The average Bonchev–Trinajstić information content (AvgIpc) is 3.43. The maximum absolute atomic E-state index is 13.3. The first-order valence-corrected chi connectivity index (χ1v) is 12.3. The van der Waals surface area contributed by atoms with Crippen molar-refractivity contribution in [3.63, 3.8) is 0 Å². The topological polar surface area (TPSA) is 71.0 Å². The number of esters is 1. The second-order valence-corrected chi connectivity index (χ2v) is 9.47. The normalized spacial score (nSPS) is 17.8. The quantitative estimate of drug-likeness (QED) is 0.584. The lowest BCUT2D eigenvalue weighted by Gasteiger charge is -2.36. The van der Waals surface area contributed by atoms with Crippen LogP contribution in [0.5, 0.6) is 0 Å². The van der Waals surface area contributed by atoms with Crippen molar-refractivity contribution in [3.05, 3.63) is 75.0 Å². The van der Waals surface area contributed by atoms with Gasteiger partial charge < -0.3 is 15.0 Å². The molecule has 0 fully saturated rings. The number of rotatable bonds is 7. The summed E-state index contributed by atoms with van der Waals surface area (Å²) in [5.74, 6) is -0.455. The monoisotopic (exact) mass is 467 g/mol. The van der Waals surface area contributed by atoms with Gasteiger partial charge >= 0.3 is 5.97 Å². The maximum atomic E-state index is 13.3. The van der Waals surface area contributed by atoms with Gasteiger partial charge in [-0.15, -0.1) is 11.3 Å². The third-order valence-corrected chi connectivity index (χ3v) is 6.77. The predicted octanol–water partition coefficient (Wildman–Crippen LogP) is 4.94. The van der Waals surface area contributed by atoms with Crippen molar-refractivity contribution in [2.45, 2.75) is 39.3 Å². The van der Waals surface area contributed by atoms with Gasteiger partial charge in [-0.3, -0.25) is 4.79 Å². The first kappa shape index (κ1) is 22.4. The van der Waals surface area contributed by atoms with E-state index in [2.05, 4.69) is 5.32 Å². The van der Waals surface area contributed by atoms with Crippen LogP contribution in [0.25, 0.3) is 5.70 Å². The molecule has 2 aromatic rings. The summed E-state index contributed by atoms with van der Waals surface area (Å²) in [5.41, 5.74) is 2.78. The summed E-state index contributed by atoms with van der Waals surface area (Å²) in [6, 6.07) is 13.3. The Kier molecular flexibility index (Phi) is 6.81. The molecule has 2 aliphatic heterocycles. The Bertz CT molecular complexity index is 1090. The Morgan fingerprint density at radius 3 is 2.62 bits per heavy atom. The molecule has 0 bridgehead atoms. The summed E-state index contributed by atoms with van der Waals surface area (Å²) in [4.78, 5) is 33.7. The number of aliphatic imine (C=N–C) groups is 1. The zero-order valence-corrected chi connectivity index (χ0v) is 19.8. The van der Waals surface area contributed by atoms with Gasteiger partial charge in [0.05, 0.1) is 24.3 Å². The number of fused-ring (bicyclic) bond motifs is 1. The van der Waals surface area contributed by atoms with Crippen LogP contribution < -0.4 is 5.32 Å². The Hall–Kier alpha value is -2.84. The Balaban J connectivity index is 1.83. The van der Waals surface area contributed by atoms with Crippen LogP contribution in [0, 0.1) is 0 Å². The molecule has 3 heterocycles. The molecule has 1 unspecified atom stereocenters. The summed E-state index contributed by atoms with van der Waals surface area (Å²) < 4.78 is 5.49. The van der Waals surface area contributed by atoms with E-state index in [1.54, 1.807) is 18.3 Å². The average molecular weight is 468 g/mol. The fourth-order valence-electron chi connectivity index (χ4n) is 3.74. The lowest BCUT2D eigenvalue weighted by atomic mass is 9.95. The number of thioether (sulfide) groups is 1. The van der Waals surface area contributed by atoms with E-state index < -0.39 is 12.0 Å². The molecule has 4 rings (SSSR count). The van der Waals surface area contributed by atoms with E-state index in [1.165, 1.54) is 11.8 Å². The van der Waals surface area contributed by atoms with Crippen molar-refractivity contribution < 1.29 is 14.3 Å². The third-order valence-electron chi connectivity index (χ3n) is 4.96. The van der Waals surface area contributed by atoms with Gasteiger partial charge in [-0.05, 0) is 37.6 Å². The Morgan fingerprint density at radius 1 is 1.19 bits per heavy atom. The second kappa shape index (κ2) is 9.75. The molecule has 0 saturated heterocycles. The number of nitrogens with one attached hydrogen (secondary N) is 1. The van der Waals surface area contributed by atoms with E-state index in [9.17, 15) is 9.59 Å². The fraction of sp³-hybridized carbons (Fsp3) is 0.292. The van der Waals surface area contributed by atoms with Crippen LogP contribution >= 0.6 is 23.1 Å². The first-order valence-electron chi connectivity index (χ1n) is 10.5. The van der Waals surface area contributed by atoms with Crippen molar-refractivity contribution in [1.82, 2.24) is 10.2 Å². The number of hydrogen-bond acceptors (Lipinski definition) is 7. The number of hydrogen-bond donors (Lipinski definition) is 1. The second-order valence-electron chi connectivity index (χ2n) is 7.66. The van der Waals surface area contributed by atoms with Gasteiger partial charge in [-0.25, -0.2) is 9.79 Å². The minimum atomic E-state index is -0.412. The van der Waals surface area contributed by atoms with E-state index in [0.717, 1.165) is 21.3 Å². The smallest absolute Gasteiger partial charge is 0.338 e. The van der Waals surface area contributed by atoms with Gasteiger partial charge in [-0.2, -0.15) is 0 Å². The van der Waals surface area contributed by atoms with E-state index >= 15 is 0 Å². The van der Waals surface area contributed by atoms with Gasteiger partial charge in [-0.1, -0.05) is 48.2 Å². The SMILES string of the molecule is CCOC(=O)C1=C(c2ccccc2)N=C2SC=C(CC(=O)NC(C)C)N2C1c1cccs1. The summed E-state index contributed by atoms with van der Waals surface area (Å²) in [6.45, 7) is 5.94. The molecule has 2 aliphatic rings. The molecule has 1 aromatic heterocycles. The Morgan fingerprint density at radius 2 is 1.97 bits per heavy atom. The van der Waals surface area contributed by atoms with Crippen LogP contribution in [0.15, 0.2) is 69.5 Å². The van der Waals surface area contributed by atoms with Crippen LogP contribution in [0.4, 0.5) is 0 Å². The highest BCUT2D eigenvalue weighted by atomic mass is 32.2. The number of nitrogens with zero attached hydrogens (tertiary/aromatic N) is 2. The highest BCUT2D eigenvalue weighted by Crippen LogP contribution is 2.47. The molecule has 6 nitrogen and oxygen atoms in total. The van der Waals surface area contributed by atoms with Gasteiger partial charge in [0.15, 0.2) is 5.17 Å². The van der Waals surface area contributed by atoms with Crippen molar-refractivity contribution in [3.8, 4) is 0 Å². The molecule has 0 spiro atoms. The minimum Gasteiger partial charge on any atom is -0.463 e. The molecule has 0 radical (unpaired) electrons. The zero-order valence-electron chi connectivity index (χ0n) is 18.2. The molecule has 166 valence electrons. The van der Waals surface area contributed by atoms with Gasteiger partial charge in [0.1, 0.15) is 6.04 Å². The maximum Gasteiger partial charge on any atom is 0.338 e. The first-order chi connectivity index (χ1) is 15.5. The van der Waals surface area contributed by atoms with E-state index in [0.29, 0.717) is 11.3 Å². The number of amides is 1. The molecule has 0 saturated carbocycles. The number of thiophene rings is 1. The van der Waals surface area contributed by atoms with E-state index in [1.807, 2.05) is 72.0 Å². The molecular formula is C24H25N3O3S2. The molecular weight excluding hydrogens is 442 g/mol. The van der Waals surface area contributed by atoms with Crippen molar-refractivity contribution in [2.75, 3.05) is 6.61 Å². The summed E-state index contributed by atoms with van der Waals surface area (Å²) >= 11 is 3.04. The molecule has 1 amide bonds. The van der Waals surface area contributed by atoms with Crippen molar-refractivity contribution in [1.29, 1.82) is 0 Å². The predicted molar refractivity (Wildman–Crippen MR) is 130 cm³/mol. The number of benzene rings is 1. The van der Waals surface area contributed by atoms with Crippen LogP contribution in [0.2, 0.25) is 0 Å². The minimum absolute atomic E-state index is 0.0550.